The second-order valence-corrected chi connectivity index (χ2v) is 13.7. The van der Waals surface area contributed by atoms with Crippen LogP contribution in [0.4, 0.5) is 0 Å². The molecular formula is C30H35N3O9S2. The number of fused-ring (bicyclic) bond motifs is 1. The number of benzene rings is 3. The molecular weight excluding hydrogens is 610 g/mol. The van der Waals surface area contributed by atoms with Gasteiger partial charge in [0, 0.05) is 32.1 Å². The van der Waals surface area contributed by atoms with E-state index in [-0.39, 0.29) is 48.1 Å². The van der Waals surface area contributed by atoms with Crippen LogP contribution in [0, 0.1) is 6.92 Å². The molecule has 0 aromatic heterocycles. The first kappa shape index (κ1) is 33.1. The maximum atomic E-state index is 13.5. The number of hydrogen-bond donors (Lipinski definition) is 0. The standard InChI is InChI=1S/C30H35N3O9S2/c1-5-32(16-15-31(3)4)43(36,37)27-13-8-9-14-28(27)44(38,39)42-24-20-22(2)19-23(21-24)40-17-10-18-41-33-29(34)25-11-6-7-12-26(25)30(33)35/h6-9,11-14,19-21H,5,10,15-18H2,1-4H3. The molecule has 1 aliphatic heterocycles. The summed E-state index contributed by atoms with van der Waals surface area (Å²) >= 11 is 0. The fourth-order valence-electron chi connectivity index (χ4n) is 4.47. The summed E-state index contributed by atoms with van der Waals surface area (Å²) in [5.74, 6) is -0.816. The van der Waals surface area contributed by atoms with Crippen LogP contribution in [0.25, 0.3) is 0 Å². The third-order valence-electron chi connectivity index (χ3n) is 6.65. The Morgan fingerprint density at radius 3 is 1.98 bits per heavy atom. The van der Waals surface area contributed by atoms with Gasteiger partial charge in [-0.3, -0.25) is 14.4 Å². The number of hydroxylamine groups is 2. The van der Waals surface area contributed by atoms with E-state index in [0.717, 1.165) is 5.06 Å². The molecule has 1 aliphatic rings. The second-order valence-electron chi connectivity index (χ2n) is 10.3. The van der Waals surface area contributed by atoms with Crippen molar-refractivity contribution in [3.05, 3.63) is 83.4 Å². The number of amides is 2. The highest BCUT2D eigenvalue weighted by Crippen LogP contribution is 2.30. The Morgan fingerprint density at radius 2 is 1.36 bits per heavy atom. The average molecular weight is 646 g/mol. The van der Waals surface area contributed by atoms with Crippen molar-refractivity contribution in [2.45, 2.75) is 30.1 Å². The third-order valence-corrected chi connectivity index (χ3v) is 10.1. The molecule has 0 bridgehead atoms. The molecule has 0 saturated carbocycles. The minimum atomic E-state index is -4.57. The van der Waals surface area contributed by atoms with E-state index in [2.05, 4.69) is 0 Å². The number of hydrogen-bond acceptors (Lipinski definition) is 10. The lowest BCUT2D eigenvalue weighted by atomic mass is 10.1. The summed E-state index contributed by atoms with van der Waals surface area (Å²) in [6.45, 7) is 4.35. The Hall–Kier alpha value is -3.82. The predicted octanol–water partition coefficient (Wildman–Crippen LogP) is 3.33. The Labute approximate surface area is 257 Å². The van der Waals surface area contributed by atoms with Gasteiger partial charge in [-0.1, -0.05) is 31.2 Å². The van der Waals surface area contributed by atoms with Crippen molar-refractivity contribution in [2.24, 2.45) is 0 Å². The van der Waals surface area contributed by atoms with Gasteiger partial charge in [-0.2, -0.15) is 12.7 Å². The highest BCUT2D eigenvalue weighted by molar-refractivity contribution is 7.91. The molecule has 0 N–H and O–H groups in total. The van der Waals surface area contributed by atoms with Crippen LogP contribution >= 0.6 is 0 Å². The lowest BCUT2D eigenvalue weighted by Gasteiger charge is -2.23. The van der Waals surface area contributed by atoms with Crippen molar-refractivity contribution >= 4 is 32.0 Å². The molecule has 44 heavy (non-hydrogen) atoms. The van der Waals surface area contributed by atoms with E-state index in [0.29, 0.717) is 24.3 Å². The molecule has 0 unspecified atom stereocenters. The van der Waals surface area contributed by atoms with Gasteiger partial charge in [0.05, 0.1) is 24.3 Å². The molecule has 3 aromatic rings. The Kier molecular flexibility index (Phi) is 10.4. The summed E-state index contributed by atoms with van der Waals surface area (Å²) in [4.78, 5) is 31.2. The number of imide groups is 1. The molecule has 236 valence electrons. The number of carbonyl (C=O) groups is 2. The number of carbonyl (C=O) groups excluding carboxylic acids is 2. The minimum absolute atomic E-state index is 0.0175. The van der Waals surface area contributed by atoms with Crippen LogP contribution in [0.5, 0.6) is 11.5 Å². The molecule has 0 spiro atoms. The van der Waals surface area contributed by atoms with Gasteiger partial charge in [0.25, 0.3) is 11.8 Å². The van der Waals surface area contributed by atoms with Crippen LogP contribution in [-0.4, -0.2) is 89.9 Å². The van der Waals surface area contributed by atoms with Crippen LogP contribution in [-0.2, 0) is 25.0 Å². The SMILES string of the molecule is CCN(CCN(C)C)S(=O)(=O)c1ccccc1S(=O)(=O)Oc1cc(C)cc(OCCCON2C(=O)c3ccccc3C2=O)c1. The fourth-order valence-corrected chi connectivity index (χ4v) is 7.61. The Morgan fingerprint density at radius 1 is 0.773 bits per heavy atom. The highest BCUT2D eigenvalue weighted by Gasteiger charge is 2.36. The van der Waals surface area contributed by atoms with Gasteiger partial charge in [0.15, 0.2) is 0 Å². The molecule has 0 aliphatic carbocycles. The molecule has 2 amide bonds. The lowest BCUT2D eigenvalue weighted by molar-refractivity contribution is -0.0935. The molecule has 4 rings (SSSR count). The second kappa shape index (κ2) is 13.9. The molecule has 0 radical (unpaired) electrons. The van der Waals surface area contributed by atoms with Gasteiger partial charge in [0.1, 0.15) is 21.3 Å². The van der Waals surface area contributed by atoms with Crippen LogP contribution in [0.15, 0.2) is 76.5 Å². The maximum absolute atomic E-state index is 13.5. The molecule has 12 nitrogen and oxygen atoms in total. The summed E-state index contributed by atoms with van der Waals surface area (Å²) < 4.78 is 66.1. The van der Waals surface area contributed by atoms with Crippen molar-refractivity contribution in [3.8, 4) is 11.5 Å². The number of sulfonamides is 1. The first-order valence-corrected chi connectivity index (χ1v) is 16.7. The molecule has 14 heteroatoms. The largest absolute Gasteiger partial charge is 0.493 e. The van der Waals surface area contributed by atoms with Crippen molar-refractivity contribution in [1.29, 1.82) is 0 Å². The van der Waals surface area contributed by atoms with E-state index < -0.39 is 36.9 Å². The smallest absolute Gasteiger partial charge is 0.340 e. The number of rotatable bonds is 15. The van der Waals surface area contributed by atoms with E-state index in [9.17, 15) is 26.4 Å². The topological polar surface area (TPSA) is 140 Å². The van der Waals surface area contributed by atoms with Gasteiger partial charge in [-0.25, -0.2) is 8.42 Å². The summed E-state index contributed by atoms with van der Waals surface area (Å²) in [6.07, 6.45) is 0.308. The van der Waals surface area contributed by atoms with Gasteiger partial charge in [-0.15, -0.1) is 5.06 Å². The van der Waals surface area contributed by atoms with Crippen molar-refractivity contribution in [1.82, 2.24) is 14.3 Å². The van der Waals surface area contributed by atoms with E-state index in [4.69, 9.17) is 13.8 Å². The monoisotopic (exact) mass is 645 g/mol. The zero-order valence-electron chi connectivity index (χ0n) is 24.9. The van der Waals surface area contributed by atoms with Gasteiger partial charge in [0.2, 0.25) is 10.0 Å². The summed E-state index contributed by atoms with van der Waals surface area (Å²) in [6, 6.07) is 16.3. The predicted molar refractivity (Wildman–Crippen MR) is 161 cm³/mol. The first-order valence-electron chi connectivity index (χ1n) is 13.9. The number of ether oxygens (including phenoxy) is 1. The molecule has 0 saturated heterocycles. The Bertz CT molecular complexity index is 1710. The van der Waals surface area contributed by atoms with Crippen molar-refractivity contribution < 1.29 is 40.2 Å². The van der Waals surface area contributed by atoms with E-state index in [1.54, 1.807) is 44.2 Å². The van der Waals surface area contributed by atoms with Gasteiger partial charge < -0.3 is 13.8 Å². The number of likely N-dealkylation sites (N-methyl/N-ethyl adjacent to an activating group) is 2. The normalized spacial score (nSPS) is 13.5. The summed E-state index contributed by atoms with van der Waals surface area (Å²) in [7, 11) is -5.08. The lowest BCUT2D eigenvalue weighted by Crippen LogP contribution is -2.37. The zero-order valence-corrected chi connectivity index (χ0v) is 26.6. The Balaban J connectivity index is 1.41. The van der Waals surface area contributed by atoms with Crippen LogP contribution < -0.4 is 8.92 Å². The van der Waals surface area contributed by atoms with E-state index >= 15 is 0 Å². The molecule has 0 atom stereocenters. The third kappa shape index (κ3) is 7.45. The van der Waals surface area contributed by atoms with Crippen molar-refractivity contribution in [2.75, 3.05) is 46.9 Å². The van der Waals surface area contributed by atoms with Crippen molar-refractivity contribution in [3.63, 3.8) is 0 Å². The molecule has 0 fully saturated rings. The highest BCUT2D eigenvalue weighted by atomic mass is 32.2. The van der Waals surface area contributed by atoms with Crippen LogP contribution in [0.3, 0.4) is 0 Å². The number of aryl methyl sites for hydroxylation is 1. The first-order chi connectivity index (χ1) is 20.8. The molecule has 3 aromatic carbocycles. The van der Waals surface area contributed by atoms with Gasteiger partial charge >= 0.3 is 10.1 Å². The van der Waals surface area contributed by atoms with E-state index in [1.165, 1.54) is 40.7 Å². The van der Waals surface area contributed by atoms with Gasteiger partial charge in [-0.05, 0) is 63.0 Å². The molecule has 1 heterocycles. The number of nitrogens with zero attached hydrogens (tertiary/aromatic N) is 3. The van der Waals surface area contributed by atoms with Crippen LogP contribution in [0.1, 0.15) is 39.6 Å². The minimum Gasteiger partial charge on any atom is -0.493 e. The zero-order chi connectivity index (χ0) is 32.1. The maximum Gasteiger partial charge on any atom is 0.340 e. The quantitative estimate of drug-likeness (QED) is 0.137. The average Bonchev–Trinajstić information content (AvgIpc) is 3.21. The fraction of sp³-hybridized carbons (Fsp3) is 0.333. The summed E-state index contributed by atoms with van der Waals surface area (Å²) in [5.41, 5.74) is 1.20. The van der Waals surface area contributed by atoms with E-state index in [1.807, 2.05) is 19.0 Å². The summed E-state index contributed by atoms with van der Waals surface area (Å²) in [5, 5.41) is 0.730. The van der Waals surface area contributed by atoms with Crippen LogP contribution in [0.2, 0.25) is 0 Å².